The maximum Gasteiger partial charge on any atom is 0.167 e. The summed E-state index contributed by atoms with van der Waals surface area (Å²) in [6.07, 6.45) is 16.5. The van der Waals surface area contributed by atoms with E-state index in [9.17, 15) is 4.79 Å². The quantitative estimate of drug-likeness (QED) is 0.579. The lowest BCUT2D eigenvalue weighted by molar-refractivity contribution is -0.114. The second-order valence-corrected chi connectivity index (χ2v) is 3.77. The predicted molar refractivity (Wildman–Crippen MR) is 60.2 cm³/mol. The molecule has 0 unspecified atom stereocenters. The highest BCUT2D eigenvalue weighted by Crippen LogP contribution is 2.36. The van der Waals surface area contributed by atoms with Crippen LogP contribution in [-0.2, 0) is 4.79 Å². The van der Waals surface area contributed by atoms with E-state index in [1.54, 1.807) is 0 Å². The van der Waals surface area contributed by atoms with E-state index in [0.29, 0.717) is 6.42 Å². The van der Waals surface area contributed by atoms with E-state index >= 15 is 0 Å². The fraction of sp³-hybridized carbons (Fsp3) is 0.0714. The third kappa shape index (κ3) is 1.20. The van der Waals surface area contributed by atoms with Gasteiger partial charge in [0.2, 0.25) is 0 Å². The Labute approximate surface area is 88.5 Å². The minimum atomic E-state index is 0.218. The Balaban J connectivity index is 2.28. The lowest BCUT2D eigenvalue weighted by Crippen LogP contribution is -2.10. The first-order chi connectivity index (χ1) is 7.36. The van der Waals surface area contributed by atoms with E-state index in [0.717, 1.165) is 16.7 Å². The molecule has 0 fully saturated rings. The highest BCUT2D eigenvalue weighted by atomic mass is 16.1. The van der Waals surface area contributed by atoms with Crippen LogP contribution in [0.3, 0.4) is 0 Å². The number of Topliss-reactive ketones (excluding diaryl/α,β-unsaturated/α-hetero) is 1. The smallest absolute Gasteiger partial charge is 0.167 e. The summed E-state index contributed by atoms with van der Waals surface area (Å²) < 4.78 is 0. The van der Waals surface area contributed by atoms with Crippen molar-refractivity contribution in [2.24, 2.45) is 0 Å². The van der Waals surface area contributed by atoms with Crippen molar-refractivity contribution in [3.63, 3.8) is 0 Å². The molecule has 3 aliphatic carbocycles. The molecule has 15 heavy (non-hydrogen) atoms. The van der Waals surface area contributed by atoms with E-state index in [1.807, 2.05) is 30.4 Å². The SMILES string of the molecule is O=C1CC=C2C=CC3=C2/C1=C\C=C/C=C3. The second-order valence-electron chi connectivity index (χ2n) is 3.77. The normalized spacial score (nSPS) is 27.9. The van der Waals surface area contributed by atoms with Crippen LogP contribution in [0.2, 0.25) is 0 Å². The molecule has 0 saturated carbocycles. The number of allylic oxidation sites excluding steroid dienone is 12. The molecule has 0 saturated heterocycles. The Morgan fingerprint density at radius 3 is 2.87 bits per heavy atom. The highest BCUT2D eigenvalue weighted by molar-refractivity contribution is 6.05. The van der Waals surface area contributed by atoms with Gasteiger partial charge in [-0.15, -0.1) is 0 Å². The van der Waals surface area contributed by atoms with Gasteiger partial charge in [-0.05, 0) is 16.7 Å². The molecule has 0 aromatic heterocycles. The Hall–Kier alpha value is -1.89. The largest absolute Gasteiger partial charge is 0.294 e. The molecule has 0 atom stereocenters. The minimum Gasteiger partial charge on any atom is -0.294 e. The first-order valence-corrected chi connectivity index (χ1v) is 5.08. The van der Waals surface area contributed by atoms with Crippen molar-refractivity contribution in [3.8, 4) is 0 Å². The lowest BCUT2D eigenvalue weighted by Gasteiger charge is -2.16. The van der Waals surface area contributed by atoms with Gasteiger partial charge in [-0.3, -0.25) is 4.79 Å². The molecule has 0 heterocycles. The van der Waals surface area contributed by atoms with Crippen molar-refractivity contribution < 1.29 is 4.79 Å². The molecule has 0 spiro atoms. The average molecular weight is 194 g/mol. The fourth-order valence-electron chi connectivity index (χ4n) is 2.14. The summed E-state index contributed by atoms with van der Waals surface area (Å²) in [6.45, 7) is 0. The van der Waals surface area contributed by atoms with Gasteiger partial charge >= 0.3 is 0 Å². The standard InChI is InChI=1S/C14H10O/c15-13-9-8-11-7-6-10-4-2-1-3-5-12(13)14(10)11/h1-8H,9H2/b2-1?,3-1-,4-2?,5-3?,10-4?,12-5-. The van der Waals surface area contributed by atoms with Gasteiger partial charge in [0.25, 0.3) is 0 Å². The maximum atomic E-state index is 11.8. The molecule has 3 rings (SSSR count). The summed E-state index contributed by atoms with van der Waals surface area (Å²) >= 11 is 0. The Bertz CT molecular complexity index is 520. The zero-order valence-corrected chi connectivity index (χ0v) is 8.23. The monoisotopic (exact) mass is 194 g/mol. The average Bonchev–Trinajstić information content (AvgIpc) is 2.59. The number of hydrogen-bond acceptors (Lipinski definition) is 1. The lowest BCUT2D eigenvalue weighted by atomic mass is 9.87. The van der Waals surface area contributed by atoms with Crippen molar-refractivity contribution in [2.75, 3.05) is 0 Å². The number of hydrogen-bond donors (Lipinski definition) is 0. The highest BCUT2D eigenvalue weighted by Gasteiger charge is 2.25. The van der Waals surface area contributed by atoms with Crippen LogP contribution in [0.5, 0.6) is 0 Å². The van der Waals surface area contributed by atoms with Crippen LogP contribution < -0.4 is 0 Å². The first-order valence-electron chi connectivity index (χ1n) is 5.08. The van der Waals surface area contributed by atoms with Gasteiger partial charge in [0.05, 0.1) is 0 Å². The van der Waals surface area contributed by atoms with Crippen LogP contribution in [0.15, 0.2) is 70.9 Å². The molecule has 72 valence electrons. The fourth-order valence-corrected chi connectivity index (χ4v) is 2.14. The van der Waals surface area contributed by atoms with E-state index < -0.39 is 0 Å². The summed E-state index contributed by atoms with van der Waals surface area (Å²) in [5.74, 6) is 0.218. The predicted octanol–water partition coefficient (Wildman–Crippen LogP) is 2.80. The molecule has 0 amide bonds. The van der Waals surface area contributed by atoms with Gasteiger partial charge in [-0.1, -0.05) is 48.6 Å². The molecule has 3 aliphatic rings. The molecule has 0 aromatic carbocycles. The van der Waals surface area contributed by atoms with Crippen molar-refractivity contribution in [2.45, 2.75) is 6.42 Å². The van der Waals surface area contributed by atoms with Gasteiger partial charge in [-0.25, -0.2) is 0 Å². The molecule has 1 heteroatoms. The second kappa shape index (κ2) is 3.06. The van der Waals surface area contributed by atoms with Crippen LogP contribution in [0.25, 0.3) is 0 Å². The zero-order valence-electron chi connectivity index (χ0n) is 8.23. The van der Waals surface area contributed by atoms with Crippen molar-refractivity contribution in [1.82, 2.24) is 0 Å². The van der Waals surface area contributed by atoms with Crippen LogP contribution >= 0.6 is 0 Å². The number of rotatable bonds is 0. The van der Waals surface area contributed by atoms with E-state index in [-0.39, 0.29) is 5.78 Å². The van der Waals surface area contributed by atoms with Gasteiger partial charge in [0.15, 0.2) is 5.78 Å². The van der Waals surface area contributed by atoms with Crippen LogP contribution in [0.4, 0.5) is 0 Å². The van der Waals surface area contributed by atoms with Crippen molar-refractivity contribution >= 4 is 5.78 Å². The number of carbonyl (C=O) groups is 1. The van der Waals surface area contributed by atoms with Gasteiger partial charge in [0, 0.05) is 12.0 Å². The molecule has 0 aliphatic heterocycles. The summed E-state index contributed by atoms with van der Waals surface area (Å²) in [5, 5.41) is 0. The summed E-state index contributed by atoms with van der Waals surface area (Å²) in [5.41, 5.74) is 4.29. The topological polar surface area (TPSA) is 17.1 Å². The molecule has 1 nitrogen and oxygen atoms in total. The zero-order chi connectivity index (χ0) is 10.3. The molecular weight excluding hydrogens is 184 g/mol. The third-order valence-electron chi connectivity index (χ3n) is 2.86. The number of carbonyl (C=O) groups excluding carboxylic acids is 1. The van der Waals surface area contributed by atoms with Crippen LogP contribution in [0.1, 0.15) is 6.42 Å². The van der Waals surface area contributed by atoms with Crippen molar-refractivity contribution in [3.05, 3.63) is 70.9 Å². The van der Waals surface area contributed by atoms with E-state index in [2.05, 4.69) is 18.2 Å². The van der Waals surface area contributed by atoms with Gasteiger partial charge in [-0.2, -0.15) is 0 Å². The summed E-state index contributed by atoms with van der Waals surface area (Å²) in [7, 11) is 0. The van der Waals surface area contributed by atoms with Crippen LogP contribution in [0, 0.1) is 0 Å². The summed E-state index contributed by atoms with van der Waals surface area (Å²) in [6, 6.07) is 0. The number of ketones is 1. The maximum absolute atomic E-state index is 11.8. The van der Waals surface area contributed by atoms with Crippen LogP contribution in [-0.4, -0.2) is 5.78 Å². The molecular formula is C14H10O. The van der Waals surface area contributed by atoms with E-state index in [1.165, 1.54) is 5.57 Å². The van der Waals surface area contributed by atoms with Gasteiger partial charge in [0.1, 0.15) is 0 Å². The molecule has 0 aromatic rings. The molecule has 0 bridgehead atoms. The Kier molecular flexibility index (Phi) is 1.72. The Morgan fingerprint density at radius 2 is 1.93 bits per heavy atom. The van der Waals surface area contributed by atoms with Crippen molar-refractivity contribution in [1.29, 1.82) is 0 Å². The Morgan fingerprint density at radius 1 is 1.00 bits per heavy atom. The minimum absolute atomic E-state index is 0.218. The molecule has 0 N–H and O–H groups in total. The molecule has 0 radical (unpaired) electrons. The third-order valence-corrected chi connectivity index (χ3v) is 2.86. The van der Waals surface area contributed by atoms with E-state index in [4.69, 9.17) is 0 Å². The first kappa shape index (κ1) is 8.42. The van der Waals surface area contributed by atoms with Gasteiger partial charge < -0.3 is 0 Å². The summed E-state index contributed by atoms with van der Waals surface area (Å²) in [4.78, 5) is 11.8.